The third kappa shape index (κ3) is 3.19. The molecule has 1 amide bonds. The number of hydrogen-bond acceptors (Lipinski definition) is 3. The van der Waals surface area contributed by atoms with Crippen LogP contribution in [-0.4, -0.2) is 48.7 Å². The van der Waals surface area contributed by atoms with Gasteiger partial charge in [0.25, 0.3) is 0 Å². The van der Waals surface area contributed by atoms with E-state index in [4.69, 9.17) is 4.74 Å². The molecule has 0 aliphatic carbocycles. The molecule has 4 nitrogen and oxygen atoms in total. The van der Waals surface area contributed by atoms with E-state index >= 15 is 0 Å². The highest BCUT2D eigenvalue weighted by atomic mass is 16.5. The Morgan fingerprint density at radius 3 is 2.76 bits per heavy atom. The van der Waals surface area contributed by atoms with E-state index in [1.165, 1.54) is 0 Å². The van der Waals surface area contributed by atoms with E-state index in [1.807, 2.05) is 18.7 Å². The molecule has 0 aromatic rings. The second-order valence-corrected chi connectivity index (χ2v) is 5.95. The Balaban J connectivity index is 1.91. The van der Waals surface area contributed by atoms with E-state index < -0.39 is 0 Å². The van der Waals surface area contributed by atoms with Crippen LogP contribution >= 0.6 is 0 Å². The number of piperidine rings is 1. The first-order valence-electron chi connectivity index (χ1n) is 6.64. The fraction of sp³-hybridized carbons (Fsp3) is 0.923. The molecule has 2 fully saturated rings. The second-order valence-electron chi connectivity index (χ2n) is 5.95. The van der Waals surface area contributed by atoms with Gasteiger partial charge in [0, 0.05) is 25.7 Å². The van der Waals surface area contributed by atoms with Crippen molar-refractivity contribution in [2.24, 2.45) is 5.92 Å². The first kappa shape index (κ1) is 12.8. The highest BCUT2D eigenvalue weighted by molar-refractivity contribution is 5.79. The standard InChI is InChI=1S/C13H24N2O2/c1-10-4-5-11(8-14-10)12(16)15-6-7-17-13(2,3)9-15/h10-11,14H,4-9H2,1-3H3. The van der Waals surface area contributed by atoms with Gasteiger partial charge in [-0.05, 0) is 33.6 Å². The third-order valence-corrected chi connectivity index (χ3v) is 3.75. The van der Waals surface area contributed by atoms with Crippen LogP contribution in [0.3, 0.4) is 0 Å². The van der Waals surface area contributed by atoms with E-state index in [-0.39, 0.29) is 11.5 Å². The van der Waals surface area contributed by atoms with Gasteiger partial charge in [-0.3, -0.25) is 4.79 Å². The smallest absolute Gasteiger partial charge is 0.227 e. The quantitative estimate of drug-likeness (QED) is 0.744. The maximum absolute atomic E-state index is 12.4. The van der Waals surface area contributed by atoms with Gasteiger partial charge in [-0.25, -0.2) is 0 Å². The van der Waals surface area contributed by atoms with Gasteiger partial charge in [0.2, 0.25) is 5.91 Å². The predicted octanol–water partition coefficient (Wildman–Crippen LogP) is 1.01. The van der Waals surface area contributed by atoms with Gasteiger partial charge >= 0.3 is 0 Å². The number of ether oxygens (including phenoxy) is 1. The van der Waals surface area contributed by atoms with Crippen molar-refractivity contribution in [3.05, 3.63) is 0 Å². The monoisotopic (exact) mass is 240 g/mol. The van der Waals surface area contributed by atoms with E-state index in [0.29, 0.717) is 18.6 Å². The van der Waals surface area contributed by atoms with Crippen LogP contribution in [0.25, 0.3) is 0 Å². The summed E-state index contributed by atoms with van der Waals surface area (Å²) in [5.41, 5.74) is -0.191. The normalized spacial score (nSPS) is 33.5. The zero-order valence-corrected chi connectivity index (χ0v) is 11.2. The van der Waals surface area contributed by atoms with Crippen molar-refractivity contribution in [1.29, 1.82) is 0 Å². The van der Waals surface area contributed by atoms with Crippen LogP contribution < -0.4 is 5.32 Å². The molecular formula is C13H24N2O2. The molecule has 2 unspecified atom stereocenters. The minimum atomic E-state index is -0.191. The van der Waals surface area contributed by atoms with Crippen LogP contribution in [-0.2, 0) is 9.53 Å². The Morgan fingerprint density at radius 1 is 1.41 bits per heavy atom. The van der Waals surface area contributed by atoms with Crippen molar-refractivity contribution < 1.29 is 9.53 Å². The Labute approximate surface area is 104 Å². The second kappa shape index (κ2) is 4.94. The summed E-state index contributed by atoms with van der Waals surface area (Å²) in [6, 6.07) is 0.556. The summed E-state index contributed by atoms with van der Waals surface area (Å²) < 4.78 is 5.64. The minimum absolute atomic E-state index is 0.167. The highest BCUT2D eigenvalue weighted by Gasteiger charge is 2.34. The van der Waals surface area contributed by atoms with Crippen molar-refractivity contribution >= 4 is 5.91 Å². The number of nitrogens with zero attached hydrogens (tertiary/aromatic N) is 1. The Kier molecular flexibility index (Phi) is 3.73. The Morgan fingerprint density at radius 2 is 2.18 bits per heavy atom. The van der Waals surface area contributed by atoms with Crippen LogP contribution in [0.5, 0.6) is 0 Å². The summed E-state index contributed by atoms with van der Waals surface area (Å²) in [5, 5.41) is 3.39. The Hall–Kier alpha value is -0.610. The topological polar surface area (TPSA) is 41.6 Å². The molecule has 0 aromatic carbocycles. The van der Waals surface area contributed by atoms with Crippen molar-refractivity contribution in [1.82, 2.24) is 10.2 Å². The summed E-state index contributed by atoms with van der Waals surface area (Å²) in [7, 11) is 0. The van der Waals surface area contributed by atoms with Gasteiger partial charge in [-0.2, -0.15) is 0 Å². The lowest BCUT2D eigenvalue weighted by atomic mass is 9.93. The SMILES string of the molecule is CC1CCC(C(=O)N2CCOC(C)(C)C2)CN1. The molecule has 4 heteroatoms. The van der Waals surface area contributed by atoms with E-state index in [1.54, 1.807) is 0 Å². The summed E-state index contributed by atoms with van der Waals surface area (Å²) >= 11 is 0. The Bertz CT molecular complexity index is 283. The maximum Gasteiger partial charge on any atom is 0.227 e. The van der Waals surface area contributed by atoms with Gasteiger partial charge in [-0.1, -0.05) is 0 Å². The van der Waals surface area contributed by atoms with Crippen molar-refractivity contribution in [2.75, 3.05) is 26.2 Å². The van der Waals surface area contributed by atoms with Crippen LogP contribution in [0.1, 0.15) is 33.6 Å². The fourth-order valence-corrected chi connectivity index (χ4v) is 2.67. The van der Waals surface area contributed by atoms with Crippen molar-refractivity contribution in [3.8, 4) is 0 Å². The molecule has 0 spiro atoms. The molecular weight excluding hydrogens is 216 g/mol. The van der Waals surface area contributed by atoms with Crippen LogP contribution in [0, 0.1) is 5.92 Å². The fourth-order valence-electron chi connectivity index (χ4n) is 2.67. The van der Waals surface area contributed by atoms with E-state index in [0.717, 1.165) is 32.5 Å². The van der Waals surface area contributed by atoms with Gasteiger partial charge in [-0.15, -0.1) is 0 Å². The minimum Gasteiger partial charge on any atom is -0.372 e. The summed E-state index contributed by atoms with van der Waals surface area (Å²) in [6.07, 6.45) is 2.12. The van der Waals surface area contributed by atoms with Crippen molar-refractivity contribution in [3.63, 3.8) is 0 Å². The first-order valence-corrected chi connectivity index (χ1v) is 6.64. The van der Waals surface area contributed by atoms with Gasteiger partial charge < -0.3 is 15.0 Å². The molecule has 2 rings (SSSR count). The third-order valence-electron chi connectivity index (χ3n) is 3.75. The molecule has 0 aromatic heterocycles. The molecule has 2 aliphatic heterocycles. The van der Waals surface area contributed by atoms with Gasteiger partial charge in [0.1, 0.15) is 0 Å². The van der Waals surface area contributed by atoms with E-state index in [2.05, 4.69) is 12.2 Å². The number of carbonyl (C=O) groups excluding carboxylic acids is 1. The van der Waals surface area contributed by atoms with E-state index in [9.17, 15) is 4.79 Å². The first-order chi connectivity index (χ1) is 7.98. The van der Waals surface area contributed by atoms with Gasteiger partial charge in [0.05, 0.1) is 18.1 Å². The zero-order chi connectivity index (χ0) is 12.5. The number of nitrogens with one attached hydrogen (secondary N) is 1. The zero-order valence-electron chi connectivity index (χ0n) is 11.2. The molecule has 2 aliphatic rings. The molecule has 0 bridgehead atoms. The molecule has 0 saturated carbocycles. The van der Waals surface area contributed by atoms with Crippen LogP contribution in [0.15, 0.2) is 0 Å². The average Bonchev–Trinajstić information content (AvgIpc) is 2.28. The highest BCUT2D eigenvalue weighted by Crippen LogP contribution is 2.21. The summed E-state index contributed by atoms with van der Waals surface area (Å²) in [4.78, 5) is 14.4. The number of amides is 1. The average molecular weight is 240 g/mol. The molecule has 0 radical (unpaired) electrons. The number of carbonyl (C=O) groups is 1. The largest absolute Gasteiger partial charge is 0.372 e. The molecule has 2 atom stereocenters. The van der Waals surface area contributed by atoms with Gasteiger partial charge in [0.15, 0.2) is 0 Å². The molecule has 98 valence electrons. The lowest BCUT2D eigenvalue weighted by Gasteiger charge is -2.40. The number of rotatable bonds is 1. The lowest BCUT2D eigenvalue weighted by molar-refractivity contribution is -0.150. The lowest BCUT2D eigenvalue weighted by Crippen LogP contribution is -2.54. The summed E-state index contributed by atoms with van der Waals surface area (Å²) in [6.45, 7) is 9.24. The molecule has 17 heavy (non-hydrogen) atoms. The molecule has 2 heterocycles. The number of hydrogen-bond donors (Lipinski definition) is 1. The molecule has 2 saturated heterocycles. The number of morpholine rings is 1. The van der Waals surface area contributed by atoms with Crippen LogP contribution in [0.2, 0.25) is 0 Å². The van der Waals surface area contributed by atoms with Crippen molar-refractivity contribution in [2.45, 2.75) is 45.3 Å². The predicted molar refractivity (Wildman–Crippen MR) is 66.8 cm³/mol. The summed E-state index contributed by atoms with van der Waals surface area (Å²) in [5.74, 6) is 0.473. The maximum atomic E-state index is 12.4. The molecule has 1 N–H and O–H groups in total. The van der Waals surface area contributed by atoms with Crippen LogP contribution in [0.4, 0.5) is 0 Å².